The van der Waals surface area contributed by atoms with E-state index in [1.54, 1.807) is 22.9 Å². The standard InChI is InChI=1S/C38H51N5O8S/c1-28-36(38(46)43(39(28)2)31-10-6-4-7-11-31)29-26-34(37(45)41-20-16-30(17-21-41)40-18-8-5-9-19-40)51-35(27-29)50-25-23-42(22-24-44)52(47,48)33-14-12-32(49-3)13-15-33/h4,6-7,10-15,26,29-30,35,44H,5,8-9,16-25,27H2,1-3H3. The number of allylic oxidation sites excluding steroid dienone is 1. The number of aliphatic hydroxyl groups is 1. The van der Waals surface area contributed by atoms with Crippen LogP contribution in [0.25, 0.3) is 5.69 Å². The first-order valence-corrected chi connectivity index (χ1v) is 19.7. The summed E-state index contributed by atoms with van der Waals surface area (Å²) in [4.78, 5) is 32.6. The highest BCUT2D eigenvalue weighted by molar-refractivity contribution is 7.89. The van der Waals surface area contributed by atoms with Gasteiger partial charge in [0.1, 0.15) is 5.75 Å². The Bertz CT molecular complexity index is 1860. The van der Waals surface area contributed by atoms with E-state index in [9.17, 15) is 23.1 Å². The van der Waals surface area contributed by atoms with Crippen molar-refractivity contribution in [2.75, 3.05) is 59.6 Å². The average molecular weight is 738 g/mol. The molecule has 14 heteroatoms. The SMILES string of the molecule is COc1ccc(S(=O)(=O)N(CCO)CCOC2CC(c3c(C)n(C)n(-c4ccccc4)c3=O)C=C(C(=O)N3CCC(N4CCCCC4)CC3)O2)cc1. The van der Waals surface area contributed by atoms with Gasteiger partial charge in [0, 0.05) is 62.9 Å². The number of carbonyl (C=O) groups excluding carboxylic acids is 1. The maximum absolute atomic E-state index is 14.1. The highest BCUT2D eigenvalue weighted by Crippen LogP contribution is 2.34. The van der Waals surface area contributed by atoms with Crippen molar-refractivity contribution >= 4 is 15.9 Å². The molecule has 0 aliphatic carbocycles. The molecule has 3 aliphatic heterocycles. The van der Waals surface area contributed by atoms with Gasteiger partial charge in [-0.1, -0.05) is 24.6 Å². The Labute approximate surface area is 306 Å². The molecule has 0 saturated carbocycles. The lowest BCUT2D eigenvalue weighted by Crippen LogP contribution is -2.49. The van der Waals surface area contributed by atoms with E-state index in [4.69, 9.17) is 14.2 Å². The summed E-state index contributed by atoms with van der Waals surface area (Å²) >= 11 is 0. The van der Waals surface area contributed by atoms with Crippen molar-refractivity contribution in [1.29, 1.82) is 0 Å². The quantitative estimate of drug-likeness (QED) is 0.280. The summed E-state index contributed by atoms with van der Waals surface area (Å²) < 4.78 is 49.1. The first kappa shape index (κ1) is 37.8. The zero-order valence-corrected chi connectivity index (χ0v) is 31.2. The highest BCUT2D eigenvalue weighted by Gasteiger charge is 2.36. The molecule has 52 heavy (non-hydrogen) atoms. The zero-order valence-electron chi connectivity index (χ0n) is 30.4. The van der Waals surface area contributed by atoms with Crippen LogP contribution in [-0.4, -0.2) is 115 Å². The van der Waals surface area contributed by atoms with Crippen LogP contribution in [0.1, 0.15) is 55.7 Å². The number of hydrogen-bond acceptors (Lipinski definition) is 9. The molecular formula is C38H51N5O8S. The molecule has 3 aliphatic rings. The molecule has 6 rings (SSSR count). The van der Waals surface area contributed by atoms with E-state index < -0.39 is 22.2 Å². The Morgan fingerprint density at radius 2 is 1.67 bits per heavy atom. The van der Waals surface area contributed by atoms with E-state index in [1.165, 1.54) is 38.5 Å². The largest absolute Gasteiger partial charge is 0.497 e. The number of aromatic nitrogens is 2. The molecule has 1 amide bonds. The molecule has 1 N–H and O–H groups in total. The Morgan fingerprint density at radius 1 is 0.981 bits per heavy atom. The lowest BCUT2D eigenvalue weighted by atomic mass is 9.92. The Kier molecular flexibility index (Phi) is 12.2. The third kappa shape index (κ3) is 8.16. The van der Waals surface area contributed by atoms with Crippen molar-refractivity contribution in [2.45, 2.75) is 68.6 Å². The van der Waals surface area contributed by atoms with Gasteiger partial charge >= 0.3 is 0 Å². The van der Waals surface area contributed by atoms with E-state index in [0.29, 0.717) is 30.4 Å². The first-order valence-electron chi connectivity index (χ1n) is 18.2. The number of methoxy groups -OCH3 is 1. The lowest BCUT2D eigenvalue weighted by molar-refractivity contribution is -0.153. The van der Waals surface area contributed by atoms with Crippen LogP contribution in [0.2, 0.25) is 0 Å². The smallest absolute Gasteiger partial charge is 0.288 e. The summed E-state index contributed by atoms with van der Waals surface area (Å²) in [6.45, 7) is 4.68. The summed E-state index contributed by atoms with van der Waals surface area (Å²) in [5.74, 6) is -0.0845. The minimum absolute atomic E-state index is 0.0600. The molecular weight excluding hydrogens is 687 g/mol. The van der Waals surface area contributed by atoms with Gasteiger partial charge in [-0.05, 0) is 88.2 Å². The molecule has 0 bridgehead atoms. The van der Waals surface area contributed by atoms with Crippen molar-refractivity contribution in [2.24, 2.45) is 7.05 Å². The molecule has 4 heterocycles. The predicted octanol–water partition coefficient (Wildman–Crippen LogP) is 3.38. The van der Waals surface area contributed by atoms with Crippen LogP contribution in [0.3, 0.4) is 0 Å². The Hall–Kier alpha value is -3.95. The number of para-hydroxylation sites is 1. The van der Waals surface area contributed by atoms with Crippen molar-refractivity contribution in [3.05, 3.63) is 88.0 Å². The number of nitrogens with zero attached hydrogens (tertiary/aromatic N) is 5. The van der Waals surface area contributed by atoms with Gasteiger partial charge in [-0.2, -0.15) is 4.31 Å². The minimum atomic E-state index is -3.96. The van der Waals surface area contributed by atoms with E-state index in [0.717, 1.165) is 41.6 Å². The van der Waals surface area contributed by atoms with E-state index in [-0.39, 0.29) is 54.8 Å². The number of hydrogen-bond donors (Lipinski definition) is 1. The second-order valence-electron chi connectivity index (χ2n) is 13.7. The summed E-state index contributed by atoms with van der Waals surface area (Å²) in [5, 5.41) is 9.73. The number of piperidine rings is 2. The summed E-state index contributed by atoms with van der Waals surface area (Å²) in [5.41, 5.74) is 1.83. The van der Waals surface area contributed by atoms with Gasteiger partial charge in [0.2, 0.25) is 16.3 Å². The number of sulfonamides is 1. The number of rotatable bonds is 13. The number of ether oxygens (including phenoxy) is 3. The van der Waals surface area contributed by atoms with Crippen molar-refractivity contribution < 1.29 is 32.5 Å². The van der Waals surface area contributed by atoms with Crippen molar-refractivity contribution in [1.82, 2.24) is 23.5 Å². The zero-order chi connectivity index (χ0) is 36.8. The third-order valence-corrected chi connectivity index (χ3v) is 12.5. The highest BCUT2D eigenvalue weighted by atomic mass is 32.2. The van der Waals surface area contributed by atoms with Gasteiger partial charge < -0.3 is 29.1 Å². The van der Waals surface area contributed by atoms with Crippen LogP contribution in [0.4, 0.5) is 0 Å². The number of carbonyl (C=O) groups is 1. The summed E-state index contributed by atoms with van der Waals surface area (Å²) in [6.07, 6.45) is 6.58. The van der Waals surface area contributed by atoms with Crippen LogP contribution >= 0.6 is 0 Å². The second-order valence-corrected chi connectivity index (χ2v) is 15.6. The Balaban J connectivity index is 1.22. The molecule has 2 aromatic carbocycles. The van der Waals surface area contributed by atoms with Gasteiger partial charge in [-0.25, -0.2) is 13.1 Å². The fourth-order valence-corrected chi connectivity index (χ4v) is 9.06. The van der Waals surface area contributed by atoms with Gasteiger partial charge in [0.25, 0.3) is 11.5 Å². The molecule has 2 fully saturated rings. The van der Waals surface area contributed by atoms with Crippen LogP contribution in [0.15, 0.2) is 76.1 Å². The molecule has 0 spiro atoms. The molecule has 2 unspecified atom stereocenters. The number of aliphatic hydroxyl groups excluding tert-OH is 1. The van der Waals surface area contributed by atoms with Gasteiger partial charge in [0.05, 0.1) is 30.9 Å². The van der Waals surface area contributed by atoms with Crippen molar-refractivity contribution in [3.63, 3.8) is 0 Å². The normalized spacial score (nSPS) is 20.5. The average Bonchev–Trinajstić information content (AvgIpc) is 3.40. The van der Waals surface area contributed by atoms with Crippen molar-refractivity contribution in [3.8, 4) is 11.4 Å². The van der Waals surface area contributed by atoms with Crippen LogP contribution in [-0.2, 0) is 31.3 Å². The van der Waals surface area contributed by atoms with Crippen LogP contribution in [0, 0.1) is 6.92 Å². The predicted molar refractivity (Wildman–Crippen MR) is 196 cm³/mol. The summed E-state index contributed by atoms with van der Waals surface area (Å²) in [6, 6.07) is 15.9. The Morgan fingerprint density at radius 3 is 2.33 bits per heavy atom. The molecule has 1 aromatic heterocycles. The van der Waals surface area contributed by atoms with E-state index >= 15 is 0 Å². The topological polar surface area (TPSA) is 136 Å². The lowest BCUT2D eigenvalue weighted by Gasteiger charge is -2.40. The second kappa shape index (κ2) is 16.8. The minimum Gasteiger partial charge on any atom is -0.497 e. The fraction of sp³-hybridized carbons (Fsp3) is 0.526. The monoisotopic (exact) mass is 737 g/mol. The number of likely N-dealkylation sites (tertiary alicyclic amines) is 2. The van der Waals surface area contributed by atoms with Crippen LogP contribution in [0.5, 0.6) is 5.75 Å². The molecule has 282 valence electrons. The number of amides is 1. The molecule has 3 aromatic rings. The fourth-order valence-electron chi connectivity index (χ4n) is 7.65. The maximum Gasteiger partial charge on any atom is 0.288 e. The molecule has 2 atom stereocenters. The molecule has 0 radical (unpaired) electrons. The number of benzene rings is 2. The van der Waals surface area contributed by atoms with E-state index in [2.05, 4.69) is 4.90 Å². The van der Waals surface area contributed by atoms with Crippen LogP contribution < -0.4 is 10.3 Å². The third-order valence-electron chi connectivity index (χ3n) is 10.6. The van der Waals surface area contributed by atoms with Gasteiger partial charge in [0.15, 0.2) is 5.76 Å². The molecule has 13 nitrogen and oxygen atoms in total. The van der Waals surface area contributed by atoms with E-state index in [1.807, 2.05) is 53.9 Å². The first-order chi connectivity index (χ1) is 25.1. The maximum atomic E-state index is 14.1. The molecule has 2 saturated heterocycles. The summed E-state index contributed by atoms with van der Waals surface area (Å²) in [7, 11) is -0.625. The van der Waals surface area contributed by atoms with Gasteiger partial charge in [-0.15, -0.1) is 0 Å². The van der Waals surface area contributed by atoms with Gasteiger partial charge in [-0.3, -0.25) is 14.3 Å².